The number of primary amides is 1. The van der Waals surface area contributed by atoms with E-state index in [4.69, 9.17) is 11.5 Å². The molecule has 132 heavy (non-hydrogen) atoms. The molecule has 0 aliphatic carbocycles. The van der Waals surface area contributed by atoms with Crippen LogP contribution in [-0.2, 0) is 112 Å². The summed E-state index contributed by atoms with van der Waals surface area (Å²) in [5.74, 6) is -18.5. The van der Waals surface area contributed by atoms with Crippen LogP contribution in [0, 0.1) is 0 Å². The average Bonchev–Trinajstić information content (AvgIpc) is 1.53. The summed E-state index contributed by atoms with van der Waals surface area (Å²) in [5, 5.41) is 58.4. The van der Waals surface area contributed by atoms with E-state index in [1.807, 2.05) is 13.8 Å². The Hall–Kier alpha value is -13.5. The topological polar surface area (TPSA) is 617 Å². The average molecular weight is 1850 g/mol. The summed E-state index contributed by atoms with van der Waals surface area (Å²) in [7, 11) is 2.75. The van der Waals surface area contributed by atoms with Crippen LogP contribution in [0.4, 0.5) is 0 Å². The maximum atomic E-state index is 15.7. The van der Waals surface area contributed by atoms with Gasteiger partial charge in [-0.25, -0.2) is 4.98 Å². The zero-order valence-corrected chi connectivity index (χ0v) is 75.2. The number of rotatable bonds is 24. The number of likely N-dealkylation sites (N-methyl/N-ethyl adjacent to an activating group) is 2. The van der Waals surface area contributed by atoms with E-state index in [-0.39, 0.29) is 121 Å². The summed E-state index contributed by atoms with van der Waals surface area (Å²) < 4.78 is 0. The first kappa shape index (κ1) is 101. The maximum absolute atomic E-state index is 15.7. The number of H-pyrrole nitrogens is 3. The highest BCUT2D eigenvalue weighted by Crippen LogP contribution is 2.29. The van der Waals surface area contributed by atoms with E-state index < -0.39 is 228 Å². The van der Waals surface area contributed by atoms with Crippen LogP contribution in [-0.4, -0.2) is 309 Å². The van der Waals surface area contributed by atoms with Gasteiger partial charge in [-0.3, -0.25) is 86.3 Å². The fourth-order valence-electron chi connectivity index (χ4n) is 17.0. The molecule has 0 spiro atoms. The lowest BCUT2D eigenvalue weighted by molar-refractivity contribution is -0.149. The highest BCUT2D eigenvalue weighted by molar-refractivity contribution is 8.00. The molecule has 0 unspecified atom stereocenters. The summed E-state index contributed by atoms with van der Waals surface area (Å²) in [5.41, 5.74) is 14.7. The Bertz CT molecular complexity index is 5160. The van der Waals surface area contributed by atoms with Gasteiger partial charge in [-0.15, -0.1) is 11.8 Å². The molecule has 14 atom stereocenters. The Morgan fingerprint density at radius 3 is 1.52 bits per heavy atom. The standard InChI is InChI=1S/C89H119N21O21S/c1-6-8-21-67-81(123)97-49(3)76(118)105-66(77(119)95-45-72(91)112)46-132-47-73(113)98-63(37-50-26-28-54(111)29-27-50)87(129)109-35-16-25-70(109)84(126)104-65(41-75(116)117)88(130)110-36-15-24-69(110)83(125)102-62(40-53-44-92-48-96-53)80(122)100-60(30-31-74(114)115)86(128)108-34-14-23-68(108)82(124)101-61(38-51-42-93-57-19-12-10-17-55(51)57)79(121)99-59(32-33-90)78(120)103-64(39-52-43-94-58-20-13-11-18-56(52)58)85(127)107(5)71(22-9-7-2)89(131)106(67)4/h10-13,17-20,26-29,42-44,48-49,59-71,93-94,111H,6-9,14-16,21-25,30-41,45-47,90H2,1-5H3,(H2,91,112)(H,92,96)(H,95,119)(H,97,123)(H,98,113)(H,99,121)(H,100,122)(H,101,124)(H,102,125)(H,103,120)(H,104,126)(H,105,118)(H,114,115)(H,116,117)/t49-,59-,60-,61-,62-,63-,64-,65-,66-,67-,68-,69-,70-,71-/m0/s1. The number of unbranched alkanes of at least 4 members (excludes halogenated alkanes) is 2. The van der Waals surface area contributed by atoms with Gasteiger partial charge in [0.1, 0.15) is 90.3 Å². The monoisotopic (exact) mass is 1850 g/mol. The predicted molar refractivity (Wildman–Crippen MR) is 480 cm³/mol. The molecule has 10 rings (SSSR count). The highest BCUT2D eigenvalue weighted by atomic mass is 32.2. The number of nitrogens with zero attached hydrogens (tertiary/aromatic N) is 6. The van der Waals surface area contributed by atoms with Gasteiger partial charge in [0.15, 0.2) is 0 Å². The minimum Gasteiger partial charge on any atom is -0.508 e. The molecule has 712 valence electrons. The van der Waals surface area contributed by atoms with Crippen molar-refractivity contribution in [1.29, 1.82) is 0 Å². The molecule has 3 aromatic carbocycles. The number of benzene rings is 3. The lowest BCUT2D eigenvalue weighted by Crippen LogP contribution is -2.61. The number of phenols is 1. The lowest BCUT2D eigenvalue weighted by atomic mass is 10.00. The maximum Gasteiger partial charge on any atom is 0.305 e. The molecule has 6 aromatic rings. The van der Waals surface area contributed by atoms with Crippen LogP contribution in [0.1, 0.15) is 146 Å². The predicted octanol–water partition coefficient (Wildman–Crippen LogP) is -1.22. The molecule has 0 bridgehead atoms. The van der Waals surface area contributed by atoms with Crippen LogP contribution in [0.3, 0.4) is 0 Å². The second-order valence-corrected chi connectivity index (χ2v) is 34.7. The number of aliphatic carboxylic acids is 2. The first-order valence-electron chi connectivity index (χ1n) is 44.5. The van der Waals surface area contributed by atoms with Crippen LogP contribution in [0.5, 0.6) is 5.75 Å². The molecule has 4 aliphatic rings. The van der Waals surface area contributed by atoms with Crippen LogP contribution in [0.25, 0.3) is 21.8 Å². The fourth-order valence-corrected chi connectivity index (χ4v) is 17.9. The summed E-state index contributed by atoms with van der Waals surface area (Å²) >= 11 is 0.788. The van der Waals surface area contributed by atoms with Gasteiger partial charge in [0.05, 0.1) is 30.7 Å². The second kappa shape index (κ2) is 47.9. The number of phenolic OH excluding ortho intramolecular Hbond substituents is 1. The number of carbonyl (C=O) groups excluding carboxylic acids is 16. The molecule has 42 nitrogen and oxygen atoms in total. The minimum absolute atomic E-state index is 0.0205. The van der Waals surface area contributed by atoms with E-state index >= 15 is 38.4 Å². The van der Waals surface area contributed by atoms with Crippen molar-refractivity contribution in [2.45, 2.75) is 234 Å². The number of nitrogens with two attached hydrogens (primary N) is 2. The molecule has 20 N–H and O–H groups in total. The number of carbonyl (C=O) groups is 18. The van der Waals surface area contributed by atoms with Crippen LogP contribution < -0.4 is 64.6 Å². The summed E-state index contributed by atoms with van der Waals surface area (Å²) in [6, 6.07) is -1.37. The summed E-state index contributed by atoms with van der Waals surface area (Å²) in [4.78, 5) is 280. The molecule has 3 aromatic heterocycles. The van der Waals surface area contributed by atoms with Crippen molar-refractivity contribution < 1.29 is 102 Å². The van der Waals surface area contributed by atoms with E-state index in [0.717, 1.165) is 26.5 Å². The third kappa shape index (κ3) is 26.9. The molecular formula is C89H119N21O21S. The molecule has 0 radical (unpaired) electrons. The number of aromatic nitrogens is 4. The molecular weight excluding hydrogens is 1730 g/mol. The smallest absolute Gasteiger partial charge is 0.305 e. The number of carboxylic acids is 2. The number of hydrogen-bond donors (Lipinski definition) is 18. The van der Waals surface area contributed by atoms with Crippen molar-refractivity contribution in [2.24, 2.45) is 11.5 Å². The Balaban J connectivity index is 1.00. The Labute approximate surface area is 765 Å². The van der Waals surface area contributed by atoms with Gasteiger partial charge in [0.2, 0.25) is 94.5 Å². The number of thioether (sulfide) groups is 1. The number of imidazole rings is 1. The molecule has 7 heterocycles. The van der Waals surface area contributed by atoms with Crippen molar-refractivity contribution in [2.75, 3.05) is 58.3 Å². The Morgan fingerprint density at radius 1 is 0.500 bits per heavy atom. The molecule has 16 amide bonds. The molecule has 4 fully saturated rings. The number of aromatic amines is 3. The normalized spacial score (nSPS) is 24.9. The van der Waals surface area contributed by atoms with Crippen molar-refractivity contribution in [1.82, 2.24) is 97.6 Å². The van der Waals surface area contributed by atoms with E-state index in [9.17, 15) is 63.3 Å². The van der Waals surface area contributed by atoms with Gasteiger partial charge in [-0.1, -0.05) is 88.1 Å². The zero-order valence-electron chi connectivity index (χ0n) is 74.3. The molecule has 43 heteroatoms. The van der Waals surface area contributed by atoms with Crippen molar-refractivity contribution in [3.8, 4) is 5.75 Å². The van der Waals surface area contributed by atoms with E-state index in [1.165, 1.54) is 67.6 Å². The first-order valence-corrected chi connectivity index (χ1v) is 45.6. The highest BCUT2D eigenvalue weighted by Gasteiger charge is 2.47. The number of amides is 16. The molecule has 0 saturated carbocycles. The quantitative estimate of drug-likeness (QED) is 0.0337. The van der Waals surface area contributed by atoms with Gasteiger partial charge in [-0.05, 0) is 119 Å². The van der Waals surface area contributed by atoms with Gasteiger partial charge in [0.25, 0.3) is 0 Å². The Morgan fingerprint density at radius 2 is 0.985 bits per heavy atom. The van der Waals surface area contributed by atoms with Gasteiger partial charge >= 0.3 is 11.9 Å². The van der Waals surface area contributed by atoms with Crippen LogP contribution >= 0.6 is 11.8 Å². The third-order valence-corrected chi connectivity index (χ3v) is 25.2. The second-order valence-electron chi connectivity index (χ2n) is 33.6. The number of para-hydroxylation sites is 2. The van der Waals surface area contributed by atoms with Crippen molar-refractivity contribution in [3.63, 3.8) is 0 Å². The van der Waals surface area contributed by atoms with Crippen LogP contribution in [0.15, 0.2) is 97.7 Å². The zero-order chi connectivity index (χ0) is 95.6. The van der Waals surface area contributed by atoms with Crippen molar-refractivity contribution in [3.05, 3.63) is 120 Å². The van der Waals surface area contributed by atoms with E-state index in [0.29, 0.717) is 64.2 Å². The minimum atomic E-state index is -1.89. The van der Waals surface area contributed by atoms with E-state index in [1.54, 1.807) is 60.9 Å². The van der Waals surface area contributed by atoms with Gasteiger partial charge < -0.3 is 119 Å². The summed E-state index contributed by atoms with van der Waals surface area (Å²) in [6.45, 7) is 3.71. The van der Waals surface area contributed by atoms with Gasteiger partial charge in [-0.2, -0.15) is 0 Å². The Kier molecular flexibility index (Phi) is 36.5. The van der Waals surface area contributed by atoms with Crippen LogP contribution in [0.2, 0.25) is 0 Å². The molecule has 4 aliphatic heterocycles. The number of nitrogens with one attached hydrogen (secondary N) is 13. The molecule has 4 saturated heterocycles. The summed E-state index contributed by atoms with van der Waals surface area (Å²) in [6.07, 6.45) is 4.58. The third-order valence-electron chi connectivity index (χ3n) is 24.1. The number of fused-ring (bicyclic) bond motifs is 5. The fraction of sp³-hybridized carbons (Fsp3) is 0.517. The van der Waals surface area contributed by atoms with E-state index in [2.05, 4.69) is 73.1 Å². The van der Waals surface area contributed by atoms with Crippen molar-refractivity contribution >= 4 is 140 Å². The van der Waals surface area contributed by atoms with Gasteiger partial charge in [0, 0.05) is 112 Å². The first-order chi connectivity index (χ1) is 63.2. The largest absolute Gasteiger partial charge is 0.508 e. The number of hydrogen-bond acceptors (Lipinski definition) is 22. The SMILES string of the molecule is CCCC[C@H]1C(=O)N(C)[C@@H](CCCC)C(=O)N[C@@H](C)C(=O)N[C@H](C(=O)NCC(N)=O)CSCC(=O)N[C@@H](Cc2ccc(O)cc2)C(=O)N2CCC[C@H]2C(=O)N[C@@H](CC(=O)O)C(=O)N2CCC[C@H]2C(=O)N[C@@H](Cc2c[nH]cn2)C(=O)N[C@@H](CCC(=O)O)C(=O)N2CCC[C@H]2C(=O)N[C@@H](Cc2c[nH]c3ccccc23)C(=O)N[C@@H](CCN)C(=O)N[C@@H](Cc2c[nH]c3ccccc23)C(=O)N1C. The lowest BCUT2D eigenvalue weighted by Gasteiger charge is -2.36. The number of carboxylic acid groups (broad SMARTS) is 2. The number of aromatic hydroxyl groups is 1.